The summed E-state index contributed by atoms with van der Waals surface area (Å²) in [6.45, 7) is 1.66. The molecule has 0 spiro atoms. The third-order valence-corrected chi connectivity index (χ3v) is 4.13. The first kappa shape index (κ1) is 19.3. The summed E-state index contributed by atoms with van der Waals surface area (Å²) < 4.78 is 38.2. The molecule has 5 nitrogen and oxygen atoms in total. The van der Waals surface area contributed by atoms with Gasteiger partial charge in [0, 0.05) is 11.1 Å². The number of phenolic OH excluding ortho intramolecular Hbond substituents is 2. The lowest BCUT2D eigenvalue weighted by atomic mass is 10.0. The minimum absolute atomic E-state index is 0.0266. The Balaban J connectivity index is 1.86. The summed E-state index contributed by atoms with van der Waals surface area (Å²) in [7, 11) is 0. The second kappa shape index (κ2) is 7.30. The molecule has 8 heteroatoms. The average Bonchev–Trinajstić information content (AvgIpc) is 2.61. The Hall–Kier alpha value is -3.42. The molecule has 3 rings (SSSR count). The molecule has 2 aromatic carbocycles. The van der Waals surface area contributed by atoms with E-state index in [4.69, 9.17) is 0 Å². The van der Waals surface area contributed by atoms with Crippen LogP contribution in [-0.4, -0.2) is 26.2 Å². The Bertz CT molecular complexity index is 1050. The lowest BCUT2D eigenvalue weighted by Crippen LogP contribution is -2.07. The van der Waals surface area contributed by atoms with Gasteiger partial charge < -0.3 is 10.2 Å². The Morgan fingerprint density at radius 2 is 1.79 bits per heavy atom. The quantitative estimate of drug-likeness (QED) is 0.651. The summed E-state index contributed by atoms with van der Waals surface area (Å²) in [5, 5.41) is 27.4. The Kier molecular flexibility index (Phi) is 5.04. The van der Waals surface area contributed by atoms with Crippen molar-refractivity contribution in [2.24, 2.45) is 0 Å². The van der Waals surface area contributed by atoms with Crippen molar-refractivity contribution in [2.45, 2.75) is 19.5 Å². The first-order valence-electron chi connectivity index (χ1n) is 8.21. The highest BCUT2D eigenvalue weighted by Gasteiger charge is 2.31. The fourth-order valence-corrected chi connectivity index (χ4v) is 2.75. The van der Waals surface area contributed by atoms with Gasteiger partial charge in [-0.3, -0.25) is 4.79 Å². The van der Waals surface area contributed by atoms with E-state index in [1.54, 1.807) is 25.1 Å². The van der Waals surface area contributed by atoms with Crippen molar-refractivity contribution < 1.29 is 28.2 Å². The number of benzene rings is 2. The highest BCUT2D eigenvalue weighted by Crippen LogP contribution is 2.36. The van der Waals surface area contributed by atoms with Crippen molar-refractivity contribution in [2.75, 3.05) is 0 Å². The maximum absolute atomic E-state index is 12.7. The fourth-order valence-electron chi connectivity index (χ4n) is 2.75. The highest BCUT2D eigenvalue weighted by molar-refractivity contribution is 5.97. The van der Waals surface area contributed by atoms with Crippen LogP contribution in [-0.2, 0) is 12.6 Å². The van der Waals surface area contributed by atoms with Crippen molar-refractivity contribution in [1.29, 1.82) is 0 Å². The van der Waals surface area contributed by atoms with E-state index >= 15 is 0 Å². The lowest BCUT2D eigenvalue weighted by Gasteiger charge is -2.11. The Morgan fingerprint density at radius 1 is 1.04 bits per heavy atom. The van der Waals surface area contributed by atoms with Crippen LogP contribution in [0.3, 0.4) is 0 Å². The van der Waals surface area contributed by atoms with Crippen molar-refractivity contribution in [3.05, 3.63) is 70.9 Å². The molecule has 0 bridgehead atoms. The molecule has 0 fully saturated rings. The van der Waals surface area contributed by atoms with Gasteiger partial charge in [-0.25, -0.2) is 0 Å². The van der Waals surface area contributed by atoms with E-state index in [-0.39, 0.29) is 29.2 Å². The summed E-state index contributed by atoms with van der Waals surface area (Å²) >= 11 is 0. The molecule has 0 aliphatic rings. The maximum atomic E-state index is 12.7. The van der Waals surface area contributed by atoms with Crippen molar-refractivity contribution in [1.82, 2.24) is 10.2 Å². The molecule has 1 heterocycles. The largest absolute Gasteiger partial charge is 0.508 e. The molecule has 2 N–H and O–H groups in total. The number of ketones is 1. The predicted octanol–water partition coefficient (Wildman–Crippen LogP) is 4.31. The molecule has 0 amide bonds. The molecule has 0 unspecified atom stereocenters. The molecule has 0 saturated heterocycles. The zero-order valence-corrected chi connectivity index (χ0v) is 14.7. The average molecular weight is 388 g/mol. The summed E-state index contributed by atoms with van der Waals surface area (Å²) in [6, 6.07) is 10.1. The van der Waals surface area contributed by atoms with Crippen LogP contribution in [0.2, 0.25) is 0 Å². The molecule has 1 aromatic heterocycles. The van der Waals surface area contributed by atoms with Crippen LogP contribution in [0.5, 0.6) is 11.5 Å². The first-order valence-corrected chi connectivity index (χ1v) is 8.21. The van der Waals surface area contributed by atoms with Gasteiger partial charge >= 0.3 is 6.18 Å². The minimum Gasteiger partial charge on any atom is -0.508 e. The smallest absolute Gasteiger partial charge is 0.416 e. The van der Waals surface area contributed by atoms with Crippen LogP contribution >= 0.6 is 0 Å². The van der Waals surface area contributed by atoms with Gasteiger partial charge in [-0.15, -0.1) is 5.10 Å². The number of halogens is 3. The number of phenols is 2. The van der Waals surface area contributed by atoms with Crippen molar-refractivity contribution in [3.63, 3.8) is 0 Å². The van der Waals surface area contributed by atoms with Crippen LogP contribution in [0.15, 0.2) is 48.5 Å². The van der Waals surface area contributed by atoms with Crippen LogP contribution in [0.1, 0.15) is 27.2 Å². The van der Waals surface area contributed by atoms with E-state index in [1.165, 1.54) is 12.1 Å². The second-order valence-corrected chi connectivity index (χ2v) is 6.25. The number of aryl methyl sites for hydroxylation is 1. The Morgan fingerprint density at radius 3 is 2.39 bits per heavy atom. The SMILES string of the molecule is Cc1cc(CC(=O)c2cccc(O)c2)nnc1-c1ccc(C(F)(F)F)cc1O. The molecular formula is C20H15F3N2O3. The molecule has 0 atom stereocenters. The zero-order valence-electron chi connectivity index (χ0n) is 14.7. The lowest BCUT2D eigenvalue weighted by molar-refractivity contribution is -0.137. The molecule has 0 aliphatic carbocycles. The van der Waals surface area contributed by atoms with Gasteiger partial charge in [0.1, 0.15) is 11.5 Å². The van der Waals surface area contributed by atoms with Gasteiger partial charge in [0.25, 0.3) is 0 Å². The van der Waals surface area contributed by atoms with Crippen LogP contribution < -0.4 is 0 Å². The van der Waals surface area contributed by atoms with Crippen molar-refractivity contribution >= 4 is 5.78 Å². The van der Waals surface area contributed by atoms with E-state index in [0.29, 0.717) is 22.9 Å². The number of hydrogen-bond donors (Lipinski definition) is 2. The van der Waals surface area contributed by atoms with Gasteiger partial charge in [-0.2, -0.15) is 18.3 Å². The fraction of sp³-hybridized carbons (Fsp3) is 0.150. The predicted molar refractivity (Wildman–Crippen MR) is 95.0 cm³/mol. The second-order valence-electron chi connectivity index (χ2n) is 6.25. The number of rotatable bonds is 4. The molecule has 28 heavy (non-hydrogen) atoms. The summed E-state index contributed by atoms with van der Waals surface area (Å²) in [5.41, 5.74) is 0.602. The number of nitrogens with zero attached hydrogens (tertiary/aromatic N) is 2. The molecule has 144 valence electrons. The molecule has 0 saturated carbocycles. The minimum atomic E-state index is -4.56. The molecular weight excluding hydrogens is 373 g/mol. The van der Waals surface area contributed by atoms with E-state index in [0.717, 1.165) is 12.1 Å². The number of carbonyl (C=O) groups excluding carboxylic acids is 1. The van der Waals surface area contributed by atoms with Crippen molar-refractivity contribution in [3.8, 4) is 22.8 Å². The number of hydrogen-bond acceptors (Lipinski definition) is 5. The number of aromatic hydroxyl groups is 2. The summed E-state index contributed by atoms with van der Waals surface area (Å²) in [4.78, 5) is 12.3. The highest BCUT2D eigenvalue weighted by atomic mass is 19.4. The standard InChI is InChI=1S/C20H15F3N2O3/c1-11-7-14(10-17(27)12-3-2-4-15(26)8-12)24-25-19(11)16-6-5-13(9-18(16)28)20(21,22)23/h2-9,26,28H,10H2,1H3. The van der Waals surface area contributed by atoms with Crippen LogP contribution in [0, 0.1) is 6.92 Å². The normalized spacial score (nSPS) is 11.4. The number of alkyl halides is 3. The van der Waals surface area contributed by atoms with Crippen LogP contribution in [0.25, 0.3) is 11.3 Å². The third-order valence-electron chi connectivity index (χ3n) is 4.13. The van der Waals surface area contributed by atoms with Gasteiger partial charge in [-0.1, -0.05) is 12.1 Å². The van der Waals surface area contributed by atoms with Crippen LogP contribution in [0.4, 0.5) is 13.2 Å². The maximum Gasteiger partial charge on any atom is 0.416 e. The van der Waals surface area contributed by atoms with Gasteiger partial charge in [0.15, 0.2) is 5.78 Å². The monoisotopic (exact) mass is 388 g/mol. The Labute approximate surface area is 158 Å². The first-order chi connectivity index (χ1) is 13.1. The number of Topliss-reactive ketones (excluding diaryl/α,β-unsaturated/α-hetero) is 1. The molecule has 0 radical (unpaired) electrons. The van der Waals surface area contributed by atoms with Gasteiger partial charge in [0.2, 0.25) is 0 Å². The van der Waals surface area contributed by atoms with E-state index in [9.17, 15) is 28.2 Å². The summed E-state index contributed by atoms with van der Waals surface area (Å²) in [6.07, 6.45) is -4.62. The molecule has 0 aliphatic heterocycles. The van der Waals surface area contributed by atoms with E-state index in [2.05, 4.69) is 10.2 Å². The topological polar surface area (TPSA) is 83.3 Å². The van der Waals surface area contributed by atoms with Gasteiger partial charge in [-0.05, 0) is 48.9 Å². The third kappa shape index (κ3) is 4.11. The molecule has 3 aromatic rings. The number of carbonyl (C=O) groups is 1. The van der Waals surface area contributed by atoms with Gasteiger partial charge in [0.05, 0.1) is 23.4 Å². The van der Waals surface area contributed by atoms with E-state index < -0.39 is 17.5 Å². The van der Waals surface area contributed by atoms with E-state index in [1.807, 2.05) is 0 Å². The number of aromatic nitrogens is 2. The zero-order chi connectivity index (χ0) is 20.5. The summed E-state index contributed by atoms with van der Waals surface area (Å²) in [5.74, 6) is -0.855.